The zero-order valence-electron chi connectivity index (χ0n) is 10.2. The molecule has 1 aromatic rings. The van der Waals surface area contributed by atoms with Crippen molar-refractivity contribution in [1.82, 2.24) is 0 Å². The van der Waals surface area contributed by atoms with Crippen LogP contribution in [0, 0.1) is 3.57 Å². The fourth-order valence-corrected chi connectivity index (χ4v) is 1.50. The maximum Gasteiger partial charge on any atom is 0.331 e. The Balaban J connectivity index is 2.40. The normalized spacial score (nSPS) is 9.50. The number of hydrogen-bond acceptors (Lipinski definition) is 3. The van der Waals surface area contributed by atoms with Crippen molar-refractivity contribution in [2.24, 2.45) is 0 Å². The third kappa shape index (κ3) is 5.81. The molecule has 0 spiro atoms. The van der Waals surface area contributed by atoms with Gasteiger partial charge < -0.3 is 10.1 Å². The predicted molar refractivity (Wildman–Crippen MR) is 78.2 cm³/mol. The second kappa shape index (κ2) is 7.15. The molecular weight excluding hydrogens is 345 g/mol. The number of allylic oxidation sites excluding steroid dienone is 1. The zero-order chi connectivity index (χ0) is 13.5. The highest BCUT2D eigenvalue weighted by Crippen LogP contribution is 2.10. The highest BCUT2D eigenvalue weighted by atomic mass is 127. The Morgan fingerprint density at radius 3 is 2.44 bits per heavy atom. The molecule has 0 aromatic heterocycles. The molecule has 0 aliphatic rings. The summed E-state index contributed by atoms with van der Waals surface area (Å²) in [6.45, 7) is 3.29. The maximum atomic E-state index is 11.5. The Kier molecular flexibility index (Phi) is 5.84. The summed E-state index contributed by atoms with van der Waals surface area (Å²) in [4.78, 5) is 22.7. The highest BCUT2D eigenvalue weighted by Gasteiger charge is 2.05. The van der Waals surface area contributed by atoms with Gasteiger partial charge in [-0.2, -0.15) is 0 Å². The molecule has 0 saturated heterocycles. The second-order valence-electron chi connectivity index (χ2n) is 3.88. The van der Waals surface area contributed by atoms with Crippen molar-refractivity contribution in [3.05, 3.63) is 39.5 Å². The Morgan fingerprint density at radius 1 is 1.28 bits per heavy atom. The lowest BCUT2D eigenvalue weighted by Crippen LogP contribution is -2.20. The van der Waals surface area contributed by atoms with Crippen molar-refractivity contribution >= 4 is 40.2 Å². The van der Waals surface area contributed by atoms with E-state index in [0.29, 0.717) is 5.69 Å². The summed E-state index contributed by atoms with van der Waals surface area (Å²) in [5.41, 5.74) is 1.51. The summed E-state index contributed by atoms with van der Waals surface area (Å²) in [6, 6.07) is 7.34. The first-order chi connectivity index (χ1) is 8.47. The molecule has 18 heavy (non-hydrogen) atoms. The number of carbonyl (C=O) groups excluding carboxylic acids is 2. The summed E-state index contributed by atoms with van der Waals surface area (Å²) in [6.07, 6.45) is 1.35. The van der Waals surface area contributed by atoms with E-state index in [9.17, 15) is 9.59 Å². The number of esters is 1. The van der Waals surface area contributed by atoms with Gasteiger partial charge in [0.2, 0.25) is 0 Å². The standard InChI is InChI=1S/C13H14INO3/c1-9(2)7-13(17)18-8-12(16)15-11-5-3-10(14)4-6-11/h3-7H,8H2,1-2H3,(H,15,16). The highest BCUT2D eigenvalue weighted by molar-refractivity contribution is 14.1. The minimum absolute atomic E-state index is 0.283. The Morgan fingerprint density at radius 2 is 1.89 bits per heavy atom. The van der Waals surface area contributed by atoms with E-state index in [1.165, 1.54) is 6.08 Å². The minimum Gasteiger partial charge on any atom is -0.452 e. The molecule has 1 amide bonds. The Hall–Kier alpha value is -1.37. The molecule has 1 N–H and O–H groups in total. The fraction of sp³-hybridized carbons (Fsp3) is 0.231. The van der Waals surface area contributed by atoms with Gasteiger partial charge in [-0.25, -0.2) is 4.79 Å². The lowest BCUT2D eigenvalue weighted by molar-refractivity contribution is -0.142. The van der Waals surface area contributed by atoms with Gasteiger partial charge in [-0.15, -0.1) is 0 Å². The minimum atomic E-state index is -0.507. The van der Waals surface area contributed by atoms with Gasteiger partial charge in [0.1, 0.15) is 0 Å². The number of nitrogens with one attached hydrogen (secondary N) is 1. The molecule has 0 aliphatic carbocycles. The topological polar surface area (TPSA) is 55.4 Å². The molecule has 96 valence electrons. The van der Waals surface area contributed by atoms with E-state index in [1.54, 1.807) is 26.0 Å². The molecule has 4 nitrogen and oxygen atoms in total. The smallest absolute Gasteiger partial charge is 0.331 e. The molecule has 0 heterocycles. The largest absolute Gasteiger partial charge is 0.452 e. The third-order valence-electron chi connectivity index (χ3n) is 1.88. The van der Waals surface area contributed by atoms with E-state index in [0.717, 1.165) is 9.14 Å². The molecule has 1 aromatic carbocycles. The van der Waals surface area contributed by atoms with E-state index in [-0.39, 0.29) is 12.5 Å². The van der Waals surface area contributed by atoms with E-state index in [4.69, 9.17) is 4.74 Å². The van der Waals surface area contributed by atoms with Gasteiger partial charge in [-0.05, 0) is 60.7 Å². The van der Waals surface area contributed by atoms with E-state index >= 15 is 0 Å². The molecule has 0 radical (unpaired) electrons. The Bertz CT molecular complexity index is 462. The van der Waals surface area contributed by atoms with Gasteiger partial charge in [0.25, 0.3) is 5.91 Å². The van der Waals surface area contributed by atoms with E-state index in [2.05, 4.69) is 27.9 Å². The van der Waals surface area contributed by atoms with Crippen molar-refractivity contribution in [2.75, 3.05) is 11.9 Å². The van der Waals surface area contributed by atoms with Crippen LogP contribution in [0.3, 0.4) is 0 Å². The molecule has 0 bridgehead atoms. The number of rotatable bonds is 4. The van der Waals surface area contributed by atoms with Crippen LogP contribution in [-0.4, -0.2) is 18.5 Å². The molecular formula is C13H14INO3. The van der Waals surface area contributed by atoms with E-state index in [1.807, 2.05) is 12.1 Å². The molecule has 5 heteroatoms. The van der Waals surface area contributed by atoms with Gasteiger partial charge in [0.15, 0.2) is 6.61 Å². The monoisotopic (exact) mass is 359 g/mol. The van der Waals surface area contributed by atoms with Crippen LogP contribution in [0.1, 0.15) is 13.8 Å². The van der Waals surface area contributed by atoms with Crippen LogP contribution in [0.5, 0.6) is 0 Å². The van der Waals surface area contributed by atoms with Gasteiger partial charge >= 0.3 is 5.97 Å². The molecule has 0 saturated carbocycles. The number of ether oxygens (including phenoxy) is 1. The van der Waals surface area contributed by atoms with Crippen LogP contribution < -0.4 is 5.32 Å². The maximum absolute atomic E-state index is 11.5. The number of carbonyl (C=O) groups is 2. The number of benzene rings is 1. The van der Waals surface area contributed by atoms with Gasteiger partial charge in [-0.1, -0.05) is 5.57 Å². The Labute approximate surface area is 120 Å². The van der Waals surface area contributed by atoms with E-state index < -0.39 is 5.97 Å². The average molecular weight is 359 g/mol. The molecule has 0 fully saturated rings. The van der Waals surface area contributed by atoms with Crippen LogP contribution in [0.25, 0.3) is 0 Å². The van der Waals surface area contributed by atoms with Crippen LogP contribution in [0.2, 0.25) is 0 Å². The lowest BCUT2D eigenvalue weighted by atomic mass is 10.3. The summed E-state index contributed by atoms with van der Waals surface area (Å²) in [5.74, 6) is -0.862. The van der Waals surface area contributed by atoms with Crippen LogP contribution in [-0.2, 0) is 14.3 Å². The number of halogens is 1. The lowest BCUT2D eigenvalue weighted by Gasteiger charge is -2.05. The summed E-state index contributed by atoms with van der Waals surface area (Å²) in [5, 5.41) is 2.64. The van der Waals surface area contributed by atoms with Crippen LogP contribution in [0.15, 0.2) is 35.9 Å². The number of anilines is 1. The third-order valence-corrected chi connectivity index (χ3v) is 2.60. The molecule has 1 rings (SSSR count). The zero-order valence-corrected chi connectivity index (χ0v) is 12.4. The van der Waals surface area contributed by atoms with Crippen molar-refractivity contribution in [2.45, 2.75) is 13.8 Å². The number of amides is 1. The first-order valence-electron chi connectivity index (χ1n) is 5.34. The van der Waals surface area contributed by atoms with Crippen molar-refractivity contribution in [3.8, 4) is 0 Å². The average Bonchev–Trinajstić information content (AvgIpc) is 2.29. The molecule has 0 atom stereocenters. The predicted octanol–water partition coefficient (Wildman–Crippen LogP) is 2.74. The summed E-state index contributed by atoms with van der Waals surface area (Å²) >= 11 is 2.18. The van der Waals surface area contributed by atoms with Crippen molar-refractivity contribution < 1.29 is 14.3 Å². The molecule has 0 unspecified atom stereocenters. The van der Waals surface area contributed by atoms with Crippen molar-refractivity contribution in [1.29, 1.82) is 0 Å². The fourth-order valence-electron chi connectivity index (χ4n) is 1.14. The first kappa shape index (κ1) is 14.7. The van der Waals surface area contributed by atoms with Crippen LogP contribution in [0.4, 0.5) is 5.69 Å². The first-order valence-corrected chi connectivity index (χ1v) is 6.42. The summed E-state index contributed by atoms with van der Waals surface area (Å²) < 4.78 is 5.87. The SMILES string of the molecule is CC(C)=CC(=O)OCC(=O)Nc1ccc(I)cc1. The quantitative estimate of drug-likeness (QED) is 0.511. The number of hydrogen-bond donors (Lipinski definition) is 1. The van der Waals surface area contributed by atoms with Gasteiger partial charge in [-0.3, -0.25) is 4.79 Å². The van der Waals surface area contributed by atoms with Crippen LogP contribution >= 0.6 is 22.6 Å². The second-order valence-corrected chi connectivity index (χ2v) is 5.13. The summed E-state index contributed by atoms with van der Waals surface area (Å²) in [7, 11) is 0. The van der Waals surface area contributed by atoms with Crippen molar-refractivity contribution in [3.63, 3.8) is 0 Å². The van der Waals surface area contributed by atoms with Gasteiger partial charge in [0.05, 0.1) is 0 Å². The van der Waals surface area contributed by atoms with Gasteiger partial charge in [0, 0.05) is 15.3 Å². The molecule has 0 aliphatic heterocycles.